The number of hydrogen-bond donors (Lipinski definition) is 2. The Morgan fingerprint density at radius 3 is 2.64 bits per heavy atom. The Bertz CT molecular complexity index is 994. The molecule has 0 aromatic heterocycles. The Kier molecular flexibility index (Phi) is 7.92. The molecule has 3 atom stereocenters. The average Bonchev–Trinajstić information content (AvgIpc) is 2.77. The minimum atomic E-state index is -0.964. The molecule has 1 heterocycles. The number of phenolic OH excluding ortho intramolecular Hbond substituents is 1. The van der Waals surface area contributed by atoms with Crippen molar-refractivity contribution in [1.29, 1.82) is 0 Å². The molecule has 3 rings (SSSR count). The molecule has 0 saturated carbocycles. The average molecular weight is 458 g/mol. The quantitative estimate of drug-likeness (QED) is 0.348. The van der Waals surface area contributed by atoms with Gasteiger partial charge in [-0.2, -0.15) is 0 Å². The van der Waals surface area contributed by atoms with Gasteiger partial charge in [-0.15, -0.1) is 0 Å². The number of carbonyl (C=O) groups is 3. The number of esters is 2. The van der Waals surface area contributed by atoms with Crippen molar-refractivity contribution in [2.75, 3.05) is 26.9 Å². The lowest BCUT2D eigenvalue weighted by molar-refractivity contribution is -0.151. The molecule has 33 heavy (non-hydrogen) atoms. The monoisotopic (exact) mass is 457 g/mol. The molecular formula is C25H31NO7. The van der Waals surface area contributed by atoms with Crippen LogP contribution >= 0.6 is 0 Å². The van der Waals surface area contributed by atoms with Crippen LogP contribution in [0.1, 0.15) is 45.1 Å². The van der Waals surface area contributed by atoms with E-state index in [2.05, 4.69) is 5.32 Å². The fourth-order valence-electron chi connectivity index (χ4n) is 4.51. The summed E-state index contributed by atoms with van der Waals surface area (Å²) >= 11 is 0. The normalized spacial score (nSPS) is 22.5. The smallest absolute Gasteiger partial charge is 0.336 e. The maximum atomic E-state index is 13.6. The first-order valence-corrected chi connectivity index (χ1v) is 11.2. The van der Waals surface area contributed by atoms with E-state index >= 15 is 0 Å². The third-order valence-corrected chi connectivity index (χ3v) is 5.98. The van der Waals surface area contributed by atoms with E-state index in [9.17, 15) is 19.5 Å². The fraction of sp³-hybridized carbons (Fsp3) is 0.480. The zero-order valence-electron chi connectivity index (χ0n) is 19.5. The van der Waals surface area contributed by atoms with Gasteiger partial charge in [-0.1, -0.05) is 26.0 Å². The minimum Gasteiger partial charge on any atom is -0.508 e. The number of dihydropyridines is 1. The van der Waals surface area contributed by atoms with E-state index in [0.717, 1.165) is 6.42 Å². The third kappa shape index (κ3) is 5.11. The molecule has 1 aliphatic heterocycles. The van der Waals surface area contributed by atoms with Crippen LogP contribution in [0, 0.1) is 11.8 Å². The van der Waals surface area contributed by atoms with E-state index in [1.54, 1.807) is 19.1 Å². The third-order valence-electron chi connectivity index (χ3n) is 5.98. The summed E-state index contributed by atoms with van der Waals surface area (Å²) in [4.78, 5) is 39.2. The van der Waals surface area contributed by atoms with Gasteiger partial charge in [0.15, 0.2) is 5.78 Å². The number of ether oxygens (including phenoxy) is 3. The van der Waals surface area contributed by atoms with Crippen LogP contribution in [0.5, 0.6) is 5.75 Å². The van der Waals surface area contributed by atoms with Crippen molar-refractivity contribution < 1.29 is 33.7 Å². The van der Waals surface area contributed by atoms with Gasteiger partial charge in [0.1, 0.15) is 18.3 Å². The lowest BCUT2D eigenvalue weighted by Gasteiger charge is -2.38. The summed E-state index contributed by atoms with van der Waals surface area (Å²) < 4.78 is 15.7. The van der Waals surface area contributed by atoms with E-state index in [1.807, 2.05) is 13.8 Å². The van der Waals surface area contributed by atoms with Crippen molar-refractivity contribution in [2.45, 2.75) is 39.5 Å². The van der Waals surface area contributed by atoms with Crippen molar-refractivity contribution >= 4 is 17.7 Å². The highest BCUT2D eigenvalue weighted by Crippen LogP contribution is 2.45. The summed E-state index contributed by atoms with van der Waals surface area (Å²) in [6, 6.07) is 6.42. The molecule has 0 saturated heterocycles. The minimum absolute atomic E-state index is 0.00710. The second-order valence-corrected chi connectivity index (χ2v) is 8.38. The van der Waals surface area contributed by atoms with Crippen LogP contribution in [0.4, 0.5) is 0 Å². The number of carbonyl (C=O) groups excluding carboxylic acids is 3. The van der Waals surface area contributed by atoms with Gasteiger partial charge < -0.3 is 24.6 Å². The van der Waals surface area contributed by atoms with Crippen LogP contribution in [0.3, 0.4) is 0 Å². The number of Topliss-reactive ketones (excluding diaryl/α,β-unsaturated/α-hetero) is 1. The zero-order valence-corrected chi connectivity index (χ0v) is 19.5. The molecule has 0 bridgehead atoms. The van der Waals surface area contributed by atoms with Gasteiger partial charge in [-0.05, 0) is 43.4 Å². The molecule has 0 radical (unpaired) electrons. The molecule has 178 valence electrons. The molecule has 2 N–H and O–H groups in total. The van der Waals surface area contributed by atoms with Crippen molar-refractivity contribution in [3.05, 3.63) is 52.4 Å². The van der Waals surface area contributed by atoms with Crippen LogP contribution in [0.25, 0.3) is 0 Å². The van der Waals surface area contributed by atoms with E-state index in [1.165, 1.54) is 19.2 Å². The number of ketones is 1. The van der Waals surface area contributed by atoms with Crippen molar-refractivity contribution in [3.8, 4) is 5.75 Å². The zero-order chi connectivity index (χ0) is 24.1. The molecule has 0 unspecified atom stereocenters. The molecule has 8 heteroatoms. The number of allylic oxidation sites excluding steroid dienone is 3. The van der Waals surface area contributed by atoms with E-state index < -0.39 is 23.8 Å². The van der Waals surface area contributed by atoms with Gasteiger partial charge in [0.2, 0.25) is 0 Å². The molecule has 0 fully saturated rings. The van der Waals surface area contributed by atoms with Gasteiger partial charge in [-0.3, -0.25) is 9.59 Å². The van der Waals surface area contributed by atoms with Crippen LogP contribution in [-0.2, 0) is 28.6 Å². The second kappa shape index (κ2) is 10.7. The Morgan fingerprint density at radius 2 is 1.97 bits per heavy atom. The lowest BCUT2D eigenvalue weighted by atomic mass is 9.69. The number of aromatic hydroxyl groups is 1. The summed E-state index contributed by atoms with van der Waals surface area (Å²) in [6.07, 6.45) is 1.31. The molecular weight excluding hydrogens is 426 g/mol. The van der Waals surface area contributed by atoms with E-state index in [4.69, 9.17) is 14.2 Å². The number of rotatable bonds is 8. The van der Waals surface area contributed by atoms with E-state index in [-0.39, 0.29) is 36.2 Å². The summed E-state index contributed by atoms with van der Waals surface area (Å²) in [6.45, 7) is 6.49. The molecule has 0 spiro atoms. The molecule has 0 amide bonds. The first-order valence-electron chi connectivity index (χ1n) is 11.2. The first-order chi connectivity index (χ1) is 15.8. The summed E-state index contributed by atoms with van der Waals surface area (Å²) in [5, 5.41) is 13.3. The number of methoxy groups -OCH3 is 1. The molecule has 8 nitrogen and oxygen atoms in total. The van der Waals surface area contributed by atoms with Crippen LogP contribution in [0.2, 0.25) is 0 Å². The van der Waals surface area contributed by atoms with E-state index in [0.29, 0.717) is 35.6 Å². The van der Waals surface area contributed by atoms with Gasteiger partial charge in [0.05, 0.1) is 19.3 Å². The van der Waals surface area contributed by atoms with Crippen LogP contribution < -0.4 is 5.32 Å². The van der Waals surface area contributed by atoms with Gasteiger partial charge in [0.25, 0.3) is 0 Å². The van der Waals surface area contributed by atoms with Crippen molar-refractivity contribution in [2.24, 2.45) is 11.8 Å². The van der Waals surface area contributed by atoms with Gasteiger partial charge in [-0.25, -0.2) is 4.79 Å². The molecule has 1 aromatic carbocycles. The topological polar surface area (TPSA) is 111 Å². The Hall–Kier alpha value is -3.13. The highest BCUT2D eigenvalue weighted by molar-refractivity contribution is 6.12. The molecule has 1 aromatic rings. The van der Waals surface area contributed by atoms with Crippen LogP contribution in [-0.4, -0.2) is 49.8 Å². The highest BCUT2D eigenvalue weighted by Gasteiger charge is 2.47. The highest BCUT2D eigenvalue weighted by atomic mass is 16.6. The maximum Gasteiger partial charge on any atom is 0.336 e. The summed E-state index contributed by atoms with van der Waals surface area (Å²) in [5.74, 6) is -3.58. The number of nitrogens with one attached hydrogen (secondary N) is 1. The van der Waals surface area contributed by atoms with Gasteiger partial charge >= 0.3 is 11.9 Å². The predicted molar refractivity (Wildman–Crippen MR) is 120 cm³/mol. The summed E-state index contributed by atoms with van der Waals surface area (Å²) in [7, 11) is 1.26. The Labute approximate surface area is 193 Å². The van der Waals surface area contributed by atoms with Crippen molar-refractivity contribution in [1.82, 2.24) is 5.32 Å². The Balaban J connectivity index is 2.02. The Morgan fingerprint density at radius 1 is 1.21 bits per heavy atom. The van der Waals surface area contributed by atoms with Gasteiger partial charge in [0, 0.05) is 29.5 Å². The number of hydrogen-bond acceptors (Lipinski definition) is 8. The lowest BCUT2D eigenvalue weighted by Crippen LogP contribution is -2.43. The second-order valence-electron chi connectivity index (χ2n) is 8.38. The molecule has 2 aliphatic rings. The van der Waals surface area contributed by atoms with Crippen molar-refractivity contribution in [3.63, 3.8) is 0 Å². The standard InChI is InChI=1S/C25H31NO7/c1-5-9-32-10-11-33-25(30)20-15(3)26-18-12-14(2)19(24(29)31-4)23(28)22(18)21(20)16-7-6-8-17(27)13-16/h6-8,13-14,19,21,26-27H,5,9-12H2,1-4H3/t14-,19-,21-/m1/s1. The SMILES string of the molecule is CCCOCCOC(=O)C1=C(C)NC2=C(C(=O)[C@H](C(=O)OC)[C@H](C)C2)[C@@H]1c1cccc(O)c1. The fourth-order valence-corrected chi connectivity index (χ4v) is 4.51. The van der Waals surface area contributed by atoms with Crippen LogP contribution in [0.15, 0.2) is 46.8 Å². The maximum absolute atomic E-state index is 13.6. The summed E-state index contributed by atoms with van der Waals surface area (Å²) in [5.41, 5.74) is 2.39. The largest absolute Gasteiger partial charge is 0.508 e. The first kappa shape index (κ1) is 24.5. The number of benzene rings is 1. The number of phenols is 1. The molecule has 1 aliphatic carbocycles. The predicted octanol–water partition coefficient (Wildman–Crippen LogP) is 2.98.